The highest BCUT2D eigenvalue weighted by molar-refractivity contribution is 8.01. The lowest BCUT2D eigenvalue weighted by Crippen LogP contribution is -2.44. The van der Waals surface area contributed by atoms with Gasteiger partial charge < -0.3 is 5.32 Å². The number of carbonyl (C=O) groups excluding carboxylic acids is 1. The number of anilines is 1. The number of carbonyl (C=O) groups is 1. The zero-order valence-corrected chi connectivity index (χ0v) is 19.8. The average Bonchev–Trinajstić information content (AvgIpc) is 3.16. The van der Waals surface area contributed by atoms with Crippen LogP contribution in [0, 0.1) is 5.92 Å². The summed E-state index contributed by atoms with van der Waals surface area (Å²) >= 11 is 14.6. The van der Waals surface area contributed by atoms with Crippen molar-refractivity contribution in [1.82, 2.24) is 14.5 Å². The van der Waals surface area contributed by atoms with Gasteiger partial charge in [0.2, 0.25) is 21.1 Å². The van der Waals surface area contributed by atoms with Crippen molar-refractivity contribution in [1.29, 1.82) is 0 Å². The molecule has 162 valence electrons. The van der Waals surface area contributed by atoms with Crippen LogP contribution in [0.2, 0.25) is 10.0 Å². The third kappa shape index (κ3) is 6.18. The molecule has 2 heterocycles. The van der Waals surface area contributed by atoms with E-state index in [2.05, 4.69) is 22.1 Å². The van der Waals surface area contributed by atoms with Gasteiger partial charge in [-0.25, -0.2) is 12.7 Å². The van der Waals surface area contributed by atoms with Gasteiger partial charge in [-0.15, -0.1) is 16.8 Å². The summed E-state index contributed by atoms with van der Waals surface area (Å²) in [6.45, 7) is 4.17. The number of aromatic nitrogens is 2. The highest BCUT2D eigenvalue weighted by Crippen LogP contribution is 2.28. The molecule has 1 N–H and O–H groups in total. The second-order valence-corrected chi connectivity index (χ2v) is 11.7. The van der Waals surface area contributed by atoms with Crippen LogP contribution in [0.15, 0.2) is 35.2 Å². The number of sulfonamides is 1. The van der Waals surface area contributed by atoms with Crippen molar-refractivity contribution in [3.63, 3.8) is 0 Å². The van der Waals surface area contributed by atoms with Gasteiger partial charge in [0.05, 0.1) is 21.7 Å². The van der Waals surface area contributed by atoms with E-state index in [0.29, 0.717) is 45.9 Å². The molecule has 12 heteroatoms. The molecule has 1 saturated heterocycles. The molecule has 2 aromatic rings. The number of nitrogens with one attached hydrogen (secondary N) is 1. The number of benzene rings is 1. The van der Waals surface area contributed by atoms with Crippen molar-refractivity contribution in [2.45, 2.75) is 22.9 Å². The van der Waals surface area contributed by atoms with Gasteiger partial charge in [0, 0.05) is 18.8 Å². The van der Waals surface area contributed by atoms with E-state index in [9.17, 15) is 13.2 Å². The van der Waals surface area contributed by atoms with E-state index in [1.807, 2.05) is 0 Å². The molecule has 1 fully saturated rings. The van der Waals surface area contributed by atoms with Gasteiger partial charge in [0.25, 0.3) is 0 Å². The second kappa shape index (κ2) is 10.4. The zero-order valence-electron chi connectivity index (χ0n) is 15.9. The largest absolute Gasteiger partial charge is 0.300 e. The topological polar surface area (TPSA) is 92.3 Å². The Hall–Kier alpha value is -1.17. The number of thioether (sulfide) groups is 1. The third-order valence-electron chi connectivity index (χ3n) is 4.44. The molecule has 7 nitrogen and oxygen atoms in total. The number of hydrogen-bond acceptors (Lipinski definition) is 7. The Bertz CT molecular complexity index is 1030. The monoisotopic (exact) mass is 506 g/mol. The lowest BCUT2D eigenvalue weighted by Gasteiger charge is -2.31. The van der Waals surface area contributed by atoms with Crippen molar-refractivity contribution in [3.05, 3.63) is 46.5 Å². The lowest BCUT2D eigenvalue weighted by atomic mass is 9.99. The summed E-state index contributed by atoms with van der Waals surface area (Å²) in [4.78, 5) is 12.7. The van der Waals surface area contributed by atoms with Crippen LogP contribution in [0.1, 0.15) is 18.4 Å². The number of piperidine rings is 1. The summed E-state index contributed by atoms with van der Waals surface area (Å²) in [6.07, 6.45) is 2.98. The van der Waals surface area contributed by atoms with Crippen molar-refractivity contribution in [2.24, 2.45) is 5.92 Å². The molecule has 1 amide bonds. The molecule has 1 aliphatic heterocycles. The van der Waals surface area contributed by atoms with Crippen molar-refractivity contribution in [2.75, 3.05) is 24.2 Å². The molecule has 30 heavy (non-hydrogen) atoms. The molecule has 1 unspecified atom stereocenters. The summed E-state index contributed by atoms with van der Waals surface area (Å²) in [7, 11) is -3.60. The molecule has 0 bridgehead atoms. The van der Waals surface area contributed by atoms with Crippen molar-refractivity contribution in [3.8, 4) is 0 Å². The Morgan fingerprint density at radius 1 is 1.37 bits per heavy atom. The highest BCUT2D eigenvalue weighted by atomic mass is 35.5. The Labute approximate surface area is 193 Å². The van der Waals surface area contributed by atoms with Crippen molar-refractivity contribution >= 4 is 67.4 Å². The maximum atomic E-state index is 12.9. The van der Waals surface area contributed by atoms with Gasteiger partial charge in [0.1, 0.15) is 0 Å². The first-order valence-electron chi connectivity index (χ1n) is 9.08. The predicted molar refractivity (Wildman–Crippen MR) is 123 cm³/mol. The quantitative estimate of drug-likeness (QED) is 0.325. The Morgan fingerprint density at radius 3 is 2.90 bits per heavy atom. The van der Waals surface area contributed by atoms with E-state index >= 15 is 0 Å². The van der Waals surface area contributed by atoms with Crippen LogP contribution >= 0.6 is 46.3 Å². The van der Waals surface area contributed by atoms with E-state index in [0.717, 1.165) is 4.34 Å². The minimum Gasteiger partial charge on any atom is -0.300 e. The first kappa shape index (κ1) is 23.5. The second-order valence-electron chi connectivity index (χ2n) is 6.66. The smallest absolute Gasteiger partial charge is 0.230 e. The average molecular weight is 507 g/mol. The van der Waals surface area contributed by atoms with Crippen LogP contribution in [0.4, 0.5) is 5.13 Å². The zero-order chi connectivity index (χ0) is 21.7. The molecule has 0 aliphatic carbocycles. The van der Waals surface area contributed by atoms with Gasteiger partial charge in [0.15, 0.2) is 4.34 Å². The molecule has 1 atom stereocenters. The molecule has 3 rings (SSSR count). The number of hydrogen-bond donors (Lipinski definition) is 1. The van der Waals surface area contributed by atoms with Crippen LogP contribution in [-0.4, -0.2) is 47.7 Å². The Morgan fingerprint density at radius 2 is 2.17 bits per heavy atom. The fraction of sp³-hybridized carbons (Fsp3) is 0.389. The van der Waals surface area contributed by atoms with E-state index in [1.165, 1.54) is 27.4 Å². The summed E-state index contributed by atoms with van der Waals surface area (Å²) in [5.41, 5.74) is 0.550. The SMILES string of the molecule is C=CCSc1nnc(NC(=O)C2CCCN(S(=O)(=O)Cc3ccc(Cl)c(Cl)c3)C2)s1. The Kier molecular flexibility index (Phi) is 8.17. The fourth-order valence-electron chi connectivity index (χ4n) is 3.00. The summed E-state index contributed by atoms with van der Waals surface area (Å²) in [6, 6.07) is 4.76. The van der Waals surface area contributed by atoms with Gasteiger partial charge >= 0.3 is 0 Å². The number of rotatable bonds is 8. The van der Waals surface area contributed by atoms with Crippen LogP contribution in [0.3, 0.4) is 0 Å². The summed E-state index contributed by atoms with van der Waals surface area (Å²) < 4.78 is 27.8. The predicted octanol–water partition coefficient (Wildman–Crippen LogP) is 4.30. The van der Waals surface area contributed by atoms with Gasteiger partial charge in [-0.3, -0.25) is 4.79 Å². The Balaban J connectivity index is 1.62. The number of halogens is 2. The maximum Gasteiger partial charge on any atom is 0.230 e. The van der Waals surface area contributed by atoms with Gasteiger partial charge in [-0.2, -0.15) is 0 Å². The molecule has 1 aromatic heterocycles. The molecular formula is C18H20Cl2N4O3S3. The number of amides is 1. The van der Waals surface area contributed by atoms with Gasteiger partial charge in [-0.05, 0) is 30.5 Å². The van der Waals surface area contributed by atoms with Crippen LogP contribution in [0.5, 0.6) is 0 Å². The maximum absolute atomic E-state index is 12.9. The normalized spacial score (nSPS) is 17.6. The fourth-order valence-corrected chi connectivity index (χ4v) is 6.43. The standard InChI is InChI=1S/C18H20Cl2N4O3S3/c1-2-8-28-18-23-22-17(29-18)21-16(25)13-4-3-7-24(10-13)30(26,27)11-12-5-6-14(19)15(20)9-12/h2,5-6,9,13H,1,3-4,7-8,10-11H2,(H,21,22,25). The van der Waals surface area contributed by atoms with Crippen LogP contribution in [0.25, 0.3) is 0 Å². The van der Waals surface area contributed by atoms with Crippen LogP contribution in [-0.2, 0) is 20.6 Å². The van der Waals surface area contributed by atoms with E-state index in [1.54, 1.807) is 24.3 Å². The molecule has 0 saturated carbocycles. The molecule has 1 aromatic carbocycles. The van der Waals surface area contributed by atoms with E-state index in [4.69, 9.17) is 23.2 Å². The van der Waals surface area contributed by atoms with Gasteiger partial charge in [-0.1, -0.05) is 58.4 Å². The first-order valence-corrected chi connectivity index (χ1v) is 13.2. The van der Waals surface area contributed by atoms with Crippen LogP contribution < -0.4 is 5.32 Å². The van der Waals surface area contributed by atoms with E-state index in [-0.39, 0.29) is 18.2 Å². The molecule has 1 aliphatic rings. The molecule has 0 spiro atoms. The summed E-state index contributed by atoms with van der Waals surface area (Å²) in [5, 5.41) is 11.8. The minimum absolute atomic E-state index is 0.131. The number of nitrogens with zero attached hydrogens (tertiary/aromatic N) is 3. The van der Waals surface area contributed by atoms with E-state index < -0.39 is 15.9 Å². The molecular weight excluding hydrogens is 487 g/mol. The van der Waals surface area contributed by atoms with Crippen molar-refractivity contribution < 1.29 is 13.2 Å². The lowest BCUT2D eigenvalue weighted by molar-refractivity contribution is -0.120. The first-order chi connectivity index (χ1) is 14.3. The molecule has 0 radical (unpaired) electrons. The third-order valence-corrected chi connectivity index (χ3v) is 8.97. The minimum atomic E-state index is -3.60. The highest BCUT2D eigenvalue weighted by Gasteiger charge is 2.33. The summed E-state index contributed by atoms with van der Waals surface area (Å²) in [5.74, 6) is -0.189.